The minimum absolute atomic E-state index is 0.0104. The van der Waals surface area contributed by atoms with E-state index in [0.717, 1.165) is 5.56 Å². The quantitative estimate of drug-likeness (QED) is 0.383. The van der Waals surface area contributed by atoms with E-state index in [0.29, 0.717) is 5.56 Å². The Hall–Kier alpha value is -3.58. The second kappa shape index (κ2) is 9.53. The average molecular weight is 331 g/mol. The van der Waals surface area contributed by atoms with E-state index in [1.54, 1.807) is 36.4 Å². The van der Waals surface area contributed by atoms with Gasteiger partial charge in [0.15, 0.2) is 6.61 Å². The molecule has 4 heteroatoms. The number of nitrogens with one attached hydrogen (secondary N) is 1. The monoisotopic (exact) mass is 331 g/mol. The van der Waals surface area contributed by atoms with E-state index in [2.05, 4.69) is 11.2 Å². The van der Waals surface area contributed by atoms with Gasteiger partial charge in [0.05, 0.1) is 0 Å². The molecule has 0 aliphatic rings. The first-order valence-electron chi connectivity index (χ1n) is 7.61. The van der Waals surface area contributed by atoms with Gasteiger partial charge >= 0.3 is 5.97 Å². The molecule has 0 aromatic heterocycles. The minimum atomic E-state index is -0.694. The van der Waals surface area contributed by atoms with Crippen molar-refractivity contribution in [3.63, 3.8) is 0 Å². The topological polar surface area (TPSA) is 55.4 Å². The van der Waals surface area contributed by atoms with Crippen LogP contribution in [-0.4, -0.2) is 18.5 Å². The van der Waals surface area contributed by atoms with Crippen molar-refractivity contribution in [3.8, 4) is 12.3 Å². The molecule has 0 spiro atoms. The predicted octanol–water partition coefficient (Wildman–Crippen LogP) is 3.19. The molecule has 0 aliphatic heterocycles. The number of carbonyl (C=O) groups excluding carboxylic acids is 2. The van der Waals surface area contributed by atoms with Gasteiger partial charge in [-0.25, -0.2) is 4.79 Å². The summed E-state index contributed by atoms with van der Waals surface area (Å²) in [7, 11) is 0. The van der Waals surface area contributed by atoms with Gasteiger partial charge in [0.25, 0.3) is 5.91 Å². The van der Waals surface area contributed by atoms with Crippen LogP contribution in [-0.2, 0) is 9.53 Å². The Kier molecular flexibility index (Phi) is 6.78. The van der Waals surface area contributed by atoms with Crippen molar-refractivity contribution in [1.82, 2.24) is 5.32 Å². The highest BCUT2D eigenvalue weighted by Gasteiger charge is 2.14. The highest BCUT2D eigenvalue weighted by atomic mass is 16.5. The smallest absolute Gasteiger partial charge is 0.355 e. The molecule has 0 unspecified atom stereocenters. The molecule has 0 bridgehead atoms. The van der Waals surface area contributed by atoms with Gasteiger partial charge in [0.2, 0.25) is 0 Å². The first-order valence-corrected chi connectivity index (χ1v) is 7.61. The third-order valence-electron chi connectivity index (χ3n) is 3.14. The van der Waals surface area contributed by atoms with E-state index in [4.69, 9.17) is 11.2 Å². The lowest BCUT2D eigenvalue weighted by Gasteiger charge is -2.08. The van der Waals surface area contributed by atoms with Gasteiger partial charge in [-0.1, -0.05) is 66.6 Å². The van der Waals surface area contributed by atoms with Crippen molar-refractivity contribution in [2.24, 2.45) is 0 Å². The zero-order valence-electron chi connectivity index (χ0n) is 13.5. The summed E-state index contributed by atoms with van der Waals surface area (Å²) < 4.78 is 4.90. The summed E-state index contributed by atoms with van der Waals surface area (Å²) >= 11 is 0. The first-order chi connectivity index (χ1) is 12.2. The molecule has 2 aromatic rings. The molecule has 0 radical (unpaired) electrons. The van der Waals surface area contributed by atoms with Gasteiger partial charge in [-0.3, -0.25) is 4.79 Å². The second-order valence-corrected chi connectivity index (χ2v) is 4.95. The number of hydrogen-bond donors (Lipinski definition) is 1. The molecule has 4 nitrogen and oxygen atoms in total. The summed E-state index contributed by atoms with van der Waals surface area (Å²) in [6, 6.07) is 18.2. The fourth-order valence-corrected chi connectivity index (χ4v) is 1.95. The molecule has 1 amide bonds. The Morgan fingerprint density at radius 3 is 2.32 bits per heavy atom. The molecule has 2 aromatic carbocycles. The molecule has 1 N–H and O–H groups in total. The van der Waals surface area contributed by atoms with Crippen molar-refractivity contribution in [1.29, 1.82) is 0 Å². The Morgan fingerprint density at radius 2 is 1.68 bits per heavy atom. The van der Waals surface area contributed by atoms with Gasteiger partial charge < -0.3 is 10.1 Å². The van der Waals surface area contributed by atoms with E-state index in [9.17, 15) is 9.59 Å². The van der Waals surface area contributed by atoms with Crippen LogP contribution >= 0.6 is 0 Å². The number of benzene rings is 2. The van der Waals surface area contributed by atoms with Crippen LogP contribution < -0.4 is 5.32 Å². The van der Waals surface area contributed by atoms with Crippen molar-refractivity contribution < 1.29 is 14.3 Å². The summed E-state index contributed by atoms with van der Waals surface area (Å²) in [5, 5.41) is 2.56. The van der Waals surface area contributed by atoms with Crippen LogP contribution in [0.3, 0.4) is 0 Å². The number of allylic oxidation sites excluding steroid dienone is 2. The summed E-state index contributed by atoms with van der Waals surface area (Å²) in [6.45, 7) is -0.167. The minimum Gasteiger partial charge on any atom is -0.448 e. The fraction of sp³-hybridized carbons (Fsp3) is 0.0476. The average Bonchev–Trinajstić information content (AvgIpc) is 2.66. The zero-order chi connectivity index (χ0) is 17.9. The summed E-state index contributed by atoms with van der Waals surface area (Å²) in [6.07, 6.45) is 10.0. The largest absolute Gasteiger partial charge is 0.448 e. The lowest BCUT2D eigenvalue weighted by atomic mass is 10.2. The fourth-order valence-electron chi connectivity index (χ4n) is 1.95. The van der Waals surface area contributed by atoms with Gasteiger partial charge in [-0.2, -0.15) is 0 Å². The maximum atomic E-state index is 12.2. The number of hydrogen-bond acceptors (Lipinski definition) is 3. The zero-order valence-corrected chi connectivity index (χ0v) is 13.5. The lowest BCUT2D eigenvalue weighted by Crippen LogP contribution is -2.28. The number of ether oxygens (including phenoxy) is 1. The Labute approximate surface area is 146 Å². The normalized spacial score (nSPS) is 10.9. The second-order valence-electron chi connectivity index (χ2n) is 4.95. The summed E-state index contributed by atoms with van der Waals surface area (Å²) in [5.41, 5.74) is 1.41. The summed E-state index contributed by atoms with van der Waals surface area (Å²) in [5.74, 6) is 1.12. The number of amides is 1. The van der Waals surface area contributed by atoms with Gasteiger partial charge in [0.1, 0.15) is 5.70 Å². The molecular formula is C21H17NO3. The third-order valence-corrected chi connectivity index (χ3v) is 3.14. The van der Waals surface area contributed by atoms with E-state index >= 15 is 0 Å². The van der Waals surface area contributed by atoms with Crippen molar-refractivity contribution in [2.45, 2.75) is 0 Å². The van der Waals surface area contributed by atoms with Crippen LogP contribution in [0.1, 0.15) is 15.9 Å². The number of esters is 1. The van der Waals surface area contributed by atoms with Crippen LogP contribution in [0.25, 0.3) is 6.08 Å². The van der Waals surface area contributed by atoms with Crippen LogP contribution in [0, 0.1) is 12.3 Å². The molecule has 2 rings (SSSR count). The van der Waals surface area contributed by atoms with Crippen LogP contribution in [0.2, 0.25) is 0 Å². The van der Waals surface area contributed by atoms with E-state index in [1.807, 2.05) is 36.4 Å². The number of rotatable bonds is 6. The molecule has 0 saturated heterocycles. The standard InChI is InChI=1S/C21H17NO3/c1-2-16-25-21(24)19(15-9-12-17-10-5-3-6-11-17)22-20(23)18-13-7-4-8-14-18/h1,3-15H,16H2,(H,22,23)/b12-9+,19-15-. The van der Waals surface area contributed by atoms with Crippen LogP contribution in [0.4, 0.5) is 0 Å². The van der Waals surface area contributed by atoms with Gasteiger partial charge in [-0.15, -0.1) is 6.42 Å². The van der Waals surface area contributed by atoms with Gasteiger partial charge in [0, 0.05) is 5.56 Å². The maximum Gasteiger partial charge on any atom is 0.355 e. The van der Waals surface area contributed by atoms with Gasteiger partial charge in [-0.05, 0) is 23.8 Å². The highest BCUT2D eigenvalue weighted by Crippen LogP contribution is 2.05. The Morgan fingerprint density at radius 1 is 1.04 bits per heavy atom. The molecule has 0 heterocycles. The predicted molar refractivity (Wildman–Crippen MR) is 97.3 cm³/mol. The third kappa shape index (κ3) is 5.85. The molecular weight excluding hydrogens is 314 g/mol. The Bertz CT molecular complexity index is 815. The van der Waals surface area contributed by atoms with E-state index in [-0.39, 0.29) is 12.3 Å². The molecule has 124 valence electrons. The van der Waals surface area contributed by atoms with E-state index < -0.39 is 11.9 Å². The molecule has 0 atom stereocenters. The molecule has 0 fully saturated rings. The van der Waals surface area contributed by atoms with Crippen LogP contribution in [0.5, 0.6) is 0 Å². The number of carbonyl (C=O) groups is 2. The lowest BCUT2D eigenvalue weighted by molar-refractivity contribution is -0.137. The number of terminal acetylenes is 1. The molecule has 0 saturated carbocycles. The van der Waals surface area contributed by atoms with Crippen LogP contribution in [0.15, 0.2) is 78.5 Å². The highest BCUT2D eigenvalue weighted by molar-refractivity contribution is 6.01. The Balaban J connectivity index is 2.16. The first kappa shape index (κ1) is 17.8. The van der Waals surface area contributed by atoms with Crippen molar-refractivity contribution in [2.75, 3.05) is 6.61 Å². The SMILES string of the molecule is C#CCOC(=O)/C(=C/C=C/c1ccccc1)NC(=O)c1ccccc1. The van der Waals surface area contributed by atoms with Crippen molar-refractivity contribution in [3.05, 3.63) is 89.6 Å². The molecule has 25 heavy (non-hydrogen) atoms. The van der Waals surface area contributed by atoms with E-state index in [1.165, 1.54) is 6.08 Å². The maximum absolute atomic E-state index is 12.2. The van der Waals surface area contributed by atoms with Crippen molar-refractivity contribution >= 4 is 18.0 Å². The summed E-state index contributed by atoms with van der Waals surface area (Å²) in [4.78, 5) is 24.3. The molecule has 0 aliphatic carbocycles.